The Kier molecular flexibility index (Phi) is 7.23. The number of likely N-dealkylation sites (N-methyl/N-ethyl adjacent to an activating group) is 1. The summed E-state index contributed by atoms with van der Waals surface area (Å²) in [6, 6.07) is 17.7. The van der Waals surface area contributed by atoms with Crippen molar-refractivity contribution in [3.8, 4) is 5.75 Å². The molecule has 0 aliphatic rings. The van der Waals surface area contributed by atoms with E-state index in [9.17, 15) is 4.79 Å². The first kappa shape index (κ1) is 18.7. The summed E-state index contributed by atoms with van der Waals surface area (Å²) in [6.45, 7) is 3.36. The highest BCUT2D eigenvalue weighted by Crippen LogP contribution is 2.19. The van der Waals surface area contributed by atoms with Gasteiger partial charge in [-0.25, -0.2) is 0 Å². The summed E-state index contributed by atoms with van der Waals surface area (Å²) in [5.74, 6) is 0.674. The van der Waals surface area contributed by atoms with Crippen LogP contribution in [0.1, 0.15) is 24.1 Å². The molecule has 2 N–H and O–H groups in total. The van der Waals surface area contributed by atoms with E-state index in [1.54, 1.807) is 12.2 Å². The predicted octanol–water partition coefficient (Wildman–Crippen LogP) is 2.10. The summed E-state index contributed by atoms with van der Waals surface area (Å²) >= 11 is 0. The summed E-state index contributed by atoms with van der Waals surface area (Å²) in [6.07, 6.45) is 3.36. The van der Waals surface area contributed by atoms with Gasteiger partial charge in [0.1, 0.15) is 18.3 Å². The molecule has 4 nitrogen and oxygen atoms in total. The molecule has 0 aliphatic heterocycles. The van der Waals surface area contributed by atoms with Crippen LogP contribution in [0.15, 0.2) is 60.7 Å². The Balaban J connectivity index is 2.08. The molecule has 132 valence electrons. The van der Waals surface area contributed by atoms with Crippen LogP contribution in [0.4, 0.5) is 0 Å². The van der Waals surface area contributed by atoms with Gasteiger partial charge in [-0.15, -0.1) is 0 Å². The number of quaternary nitrogens is 1. The Morgan fingerprint density at radius 1 is 1.12 bits per heavy atom. The average molecular weight is 339 g/mol. The van der Waals surface area contributed by atoms with Crippen LogP contribution >= 0.6 is 0 Å². The molecule has 0 aliphatic carbocycles. The van der Waals surface area contributed by atoms with Crippen molar-refractivity contribution in [2.45, 2.75) is 13.0 Å². The fraction of sp³-hybridized carbons (Fsp3) is 0.286. The van der Waals surface area contributed by atoms with Crippen molar-refractivity contribution in [1.82, 2.24) is 5.32 Å². The second-order valence-corrected chi connectivity index (χ2v) is 6.19. The van der Waals surface area contributed by atoms with Crippen LogP contribution in [0, 0.1) is 0 Å². The van der Waals surface area contributed by atoms with Crippen LogP contribution in [-0.4, -0.2) is 33.2 Å². The summed E-state index contributed by atoms with van der Waals surface area (Å²) in [7, 11) is 4.16. The number of amides is 1. The molecule has 0 saturated carbocycles. The Bertz CT molecular complexity index is 696. The predicted molar refractivity (Wildman–Crippen MR) is 102 cm³/mol. The highest BCUT2D eigenvalue weighted by atomic mass is 16.5. The molecule has 25 heavy (non-hydrogen) atoms. The lowest BCUT2D eigenvalue weighted by Crippen LogP contribution is -3.06. The number of nitrogens with one attached hydrogen (secondary N) is 2. The highest BCUT2D eigenvalue weighted by molar-refractivity contribution is 5.92. The zero-order valence-electron chi connectivity index (χ0n) is 15.2. The molecule has 2 aromatic rings. The molecule has 0 fully saturated rings. The molecular formula is C21H27N2O2+. The molecule has 4 heteroatoms. The molecule has 0 unspecified atom stereocenters. The first-order chi connectivity index (χ1) is 12.1. The van der Waals surface area contributed by atoms with Gasteiger partial charge in [-0.1, -0.05) is 48.5 Å². The molecule has 0 aromatic heterocycles. The van der Waals surface area contributed by atoms with Gasteiger partial charge in [0.2, 0.25) is 5.91 Å². The molecule has 2 aromatic carbocycles. The minimum Gasteiger partial charge on any atom is -0.493 e. The maximum absolute atomic E-state index is 12.4. The van der Waals surface area contributed by atoms with E-state index >= 15 is 0 Å². The fourth-order valence-corrected chi connectivity index (χ4v) is 2.64. The van der Waals surface area contributed by atoms with Gasteiger partial charge in [-0.3, -0.25) is 4.79 Å². The number of hydrogen-bond donors (Lipinski definition) is 2. The minimum atomic E-state index is -0.110. The molecule has 1 atom stereocenters. The van der Waals surface area contributed by atoms with Crippen molar-refractivity contribution < 1.29 is 14.4 Å². The van der Waals surface area contributed by atoms with E-state index in [1.165, 1.54) is 4.90 Å². The maximum Gasteiger partial charge on any atom is 0.244 e. The Morgan fingerprint density at radius 2 is 1.80 bits per heavy atom. The monoisotopic (exact) mass is 339 g/mol. The van der Waals surface area contributed by atoms with Crippen LogP contribution in [0.25, 0.3) is 6.08 Å². The van der Waals surface area contributed by atoms with E-state index in [0.717, 1.165) is 23.4 Å². The van der Waals surface area contributed by atoms with Gasteiger partial charge >= 0.3 is 0 Å². The van der Waals surface area contributed by atoms with Crippen LogP contribution in [0.3, 0.4) is 0 Å². The molecule has 0 saturated heterocycles. The lowest BCUT2D eigenvalue weighted by molar-refractivity contribution is -0.860. The second kappa shape index (κ2) is 9.64. The lowest BCUT2D eigenvalue weighted by atomic mass is 10.1. The van der Waals surface area contributed by atoms with E-state index in [4.69, 9.17) is 4.74 Å². The van der Waals surface area contributed by atoms with Gasteiger partial charge < -0.3 is 15.0 Å². The quantitative estimate of drug-likeness (QED) is 0.724. The summed E-state index contributed by atoms with van der Waals surface area (Å²) < 4.78 is 5.59. The third-order valence-electron chi connectivity index (χ3n) is 3.76. The number of para-hydroxylation sites is 1. The van der Waals surface area contributed by atoms with E-state index in [-0.39, 0.29) is 11.9 Å². The summed E-state index contributed by atoms with van der Waals surface area (Å²) in [4.78, 5) is 13.7. The van der Waals surface area contributed by atoms with Crippen LogP contribution in [-0.2, 0) is 4.79 Å². The standard InChI is InChI=1S/C21H26N2O2/c1-4-25-20-13-9-8-12-18(20)14-15-21(24)22-19(16-23(2)3)17-10-6-5-7-11-17/h5-15,19H,4,16H2,1-3H3,(H,22,24)/p+1/b15-14+/t19-/m1/s1. The molecule has 1 amide bonds. The van der Waals surface area contributed by atoms with E-state index in [0.29, 0.717) is 6.61 Å². The van der Waals surface area contributed by atoms with Crippen molar-refractivity contribution >= 4 is 12.0 Å². The zero-order valence-corrected chi connectivity index (χ0v) is 15.2. The molecule has 0 heterocycles. The number of benzene rings is 2. The average Bonchev–Trinajstić information content (AvgIpc) is 2.61. The number of ether oxygens (including phenoxy) is 1. The largest absolute Gasteiger partial charge is 0.493 e. The Labute approximate surface area is 150 Å². The lowest BCUT2D eigenvalue weighted by Gasteiger charge is -2.20. The Morgan fingerprint density at radius 3 is 2.48 bits per heavy atom. The topological polar surface area (TPSA) is 42.8 Å². The van der Waals surface area contributed by atoms with E-state index in [1.807, 2.05) is 61.5 Å². The first-order valence-electron chi connectivity index (χ1n) is 8.64. The Hall–Kier alpha value is -2.59. The van der Waals surface area contributed by atoms with Gasteiger partial charge in [-0.2, -0.15) is 0 Å². The van der Waals surface area contributed by atoms with Crippen molar-refractivity contribution in [2.75, 3.05) is 27.2 Å². The van der Waals surface area contributed by atoms with Gasteiger partial charge in [0, 0.05) is 11.6 Å². The van der Waals surface area contributed by atoms with Gasteiger partial charge in [-0.05, 0) is 24.6 Å². The van der Waals surface area contributed by atoms with E-state index < -0.39 is 0 Å². The molecule has 0 radical (unpaired) electrons. The van der Waals surface area contributed by atoms with Crippen LogP contribution in [0.2, 0.25) is 0 Å². The number of hydrogen-bond acceptors (Lipinski definition) is 2. The fourth-order valence-electron chi connectivity index (χ4n) is 2.64. The normalized spacial score (nSPS) is 12.3. The summed E-state index contributed by atoms with van der Waals surface area (Å²) in [5.41, 5.74) is 2.01. The van der Waals surface area contributed by atoms with Gasteiger partial charge in [0.15, 0.2) is 0 Å². The highest BCUT2D eigenvalue weighted by Gasteiger charge is 2.16. The number of rotatable bonds is 8. The third-order valence-corrected chi connectivity index (χ3v) is 3.76. The van der Waals surface area contributed by atoms with Crippen LogP contribution < -0.4 is 15.0 Å². The molecule has 2 rings (SSSR count). The molecular weight excluding hydrogens is 312 g/mol. The number of carbonyl (C=O) groups excluding carboxylic acids is 1. The van der Waals surface area contributed by atoms with Crippen molar-refractivity contribution in [1.29, 1.82) is 0 Å². The molecule has 0 bridgehead atoms. The van der Waals surface area contributed by atoms with Gasteiger partial charge in [0.05, 0.1) is 20.7 Å². The smallest absolute Gasteiger partial charge is 0.244 e. The summed E-state index contributed by atoms with van der Waals surface area (Å²) in [5, 5.41) is 3.10. The van der Waals surface area contributed by atoms with Gasteiger partial charge in [0.25, 0.3) is 0 Å². The first-order valence-corrected chi connectivity index (χ1v) is 8.64. The number of carbonyl (C=O) groups is 1. The maximum atomic E-state index is 12.4. The SMILES string of the molecule is CCOc1ccccc1/C=C/C(=O)N[C@H](C[NH+](C)C)c1ccccc1. The molecule has 0 spiro atoms. The third kappa shape index (κ3) is 6.08. The van der Waals surface area contributed by atoms with Crippen molar-refractivity contribution in [3.05, 3.63) is 71.8 Å². The van der Waals surface area contributed by atoms with Crippen molar-refractivity contribution in [3.63, 3.8) is 0 Å². The van der Waals surface area contributed by atoms with E-state index in [2.05, 4.69) is 19.4 Å². The van der Waals surface area contributed by atoms with Crippen LogP contribution in [0.5, 0.6) is 5.75 Å². The second-order valence-electron chi connectivity index (χ2n) is 6.19. The minimum absolute atomic E-state index is 0.0227. The zero-order chi connectivity index (χ0) is 18.1. The van der Waals surface area contributed by atoms with Crippen molar-refractivity contribution in [2.24, 2.45) is 0 Å².